The van der Waals surface area contributed by atoms with E-state index in [0.29, 0.717) is 16.4 Å². The van der Waals surface area contributed by atoms with Crippen LogP contribution >= 0.6 is 34.4 Å². The first kappa shape index (κ1) is 22.3. The van der Waals surface area contributed by atoms with Crippen molar-refractivity contribution in [2.24, 2.45) is 0 Å². The molecule has 2 N–H and O–H groups in total. The predicted octanol–water partition coefficient (Wildman–Crippen LogP) is 6.55. The Morgan fingerprint density at radius 1 is 0.969 bits per heavy atom. The quantitative estimate of drug-likeness (QED) is 0.295. The number of thiazole rings is 1. The molecule has 2 amide bonds. The Bertz CT molecular complexity index is 1200. The van der Waals surface area contributed by atoms with Gasteiger partial charge in [0.2, 0.25) is 5.91 Å². The lowest BCUT2D eigenvalue weighted by atomic mass is 10.1. The number of thiophene rings is 1. The van der Waals surface area contributed by atoms with Gasteiger partial charge >= 0.3 is 0 Å². The zero-order chi connectivity index (χ0) is 22.5. The second-order valence-corrected chi connectivity index (χ2v) is 10.3. The first-order chi connectivity index (χ1) is 15.5. The minimum Gasteiger partial charge on any atom is -0.322 e. The summed E-state index contributed by atoms with van der Waals surface area (Å²) in [6.07, 6.45) is 0. The van der Waals surface area contributed by atoms with Crippen molar-refractivity contribution in [3.05, 3.63) is 82.6 Å². The van der Waals surface area contributed by atoms with Gasteiger partial charge in [0, 0.05) is 21.5 Å². The molecular weight excluding hydrogens is 458 g/mol. The largest absolute Gasteiger partial charge is 0.322 e. The summed E-state index contributed by atoms with van der Waals surface area (Å²) in [4.78, 5) is 31.5. The van der Waals surface area contributed by atoms with Gasteiger partial charge in [-0.15, -0.1) is 34.4 Å². The second kappa shape index (κ2) is 10.1. The van der Waals surface area contributed by atoms with E-state index in [9.17, 15) is 9.59 Å². The summed E-state index contributed by atoms with van der Waals surface area (Å²) in [6.45, 7) is 3.85. The number of hydrogen-bond acceptors (Lipinski definition) is 6. The van der Waals surface area contributed by atoms with Crippen LogP contribution in [0, 0.1) is 6.92 Å². The van der Waals surface area contributed by atoms with Crippen LogP contribution in [-0.2, 0) is 4.79 Å². The van der Waals surface area contributed by atoms with E-state index < -0.39 is 0 Å². The molecule has 0 aliphatic heterocycles. The normalized spacial score (nSPS) is 11.7. The van der Waals surface area contributed by atoms with Gasteiger partial charge in [-0.1, -0.05) is 23.8 Å². The fraction of sp³-hybridized carbons (Fsp3) is 0.125. The molecule has 162 valence electrons. The van der Waals surface area contributed by atoms with Crippen LogP contribution in [0.4, 0.5) is 10.8 Å². The third-order valence-electron chi connectivity index (χ3n) is 4.62. The lowest BCUT2D eigenvalue weighted by Crippen LogP contribution is -2.22. The number of benzene rings is 2. The van der Waals surface area contributed by atoms with Crippen LogP contribution in [-0.4, -0.2) is 22.0 Å². The molecule has 2 aromatic heterocycles. The smallest absolute Gasteiger partial charge is 0.255 e. The van der Waals surface area contributed by atoms with Crippen LogP contribution in [0.2, 0.25) is 0 Å². The Morgan fingerprint density at radius 3 is 2.41 bits per heavy atom. The van der Waals surface area contributed by atoms with Crippen molar-refractivity contribution in [2.75, 3.05) is 10.6 Å². The number of thioether (sulfide) groups is 1. The van der Waals surface area contributed by atoms with Crippen molar-refractivity contribution in [3.8, 4) is 10.6 Å². The molecule has 4 rings (SSSR count). The molecule has 32 heavy (non-hydrogen) atoms. The Kier molecular flexibility index (Phi) is 7.04. The average Bonchev–Trinajstić information content (AvgIpc) is 3.47. The maximum atomic E-state index is 12.6. The van der Waals surface area contributed by atoms with Crippen LogP contribution in [0.25, 0.3) is 10.6 Å². The molecule has 5 nitrogen and oxygen atoms in total. The summed E-state index contributed by atoms with van der Waals surface area (Å²) in [7, 11) is 0. The van der Waals surface area contributed by atoms with Gasteiger partial charge < -0.3 is 10.6 Å². The van der Waals surface area contributed by atoms with Gasteiger partial charge in [0.15, 0.2) is 5.13 Å². The first-order valence-corrected chi connectivity index (χ1v) is 12.6. The van der Waals surface area contributed by atoms with Crippen LogP contribution in [0.1, 0.15) is 22.8 Å². The number of rotatable bonds is 7. The minimum absolute atomic E-state index is 0.0983. The van der Waals surface area contributed by atoms with E-state index in [2.05, 4.69) is 15.6 Å². The summed E-state index contributed by atoms with van der Waals surface area (Å²) < 4.78 is 0. The van der Waals surface area contributed by atoms with E-state index in [4.69, 9.17) is 0 Å². The van der Waals surface area contributed by atoms with E-state index in [1.54, 1.807) is 23.5 Å². The number of nitrogens with zero attached hydrogens (tertiary/aromatic N) is 1. The van der Waals surface area contributed by atoms with E-state index in [0.717, 1.165) is 21.0 Å². The van der Waals surface area contributed by atoms with Crippen LogP contribution < -0.4 is 10.6 Å². The summed E-state index contributed by atoms with van der Waals surface area (Å²) in [5, 5.41) is 10.0. The van der Waals surface area contributed by atoms with E-state index in [1.165, 1.54) is 23.1 Å². The number of amides is 2. The molecule has 0 saturated heterocycles. The van der Waals surface area contributed by atoms with Gasteiger partial charge in [-0.05, 0) is 61.7 Å². The number of carbonyl (C=O) groups excluding carboxylic acids is 2. The van der Waals surface area contributed by atoms with Crippen molar-refractivity contribution in [1.29, 1.82) is 0 Å². The third-order valence-corrected chi connectivity index (χ3v) is 7.38. The summed E-state index contributed by atoms with van der Waals surface area (Å²) >= 11 is 4.50. The molecule has 0 radical (unpaired) electrons. The summed E-state index contributed by atoms with van der Waals surface area (Å²) in [6, 6.07) is 18.9. The van der Waals surface area contributed by atoms with Crippen molar-refractivity contribution in [3.63, 3.8) is 0 Å². The van der Waals surface area contributed by atoms with Crippen LogP contribution in [0.15, 0.2) is 76.3 Å². The van der Waals surface area contributed by atoms with Crippen LogP contribution in [0.3, 0.4) is 0 Å². The molecule has 8 heteroatoms. The molecule has 2 heterocycles. The van der Waals surface area contributed by atoms with E-state index >= 15 is 0 Å². The van der Waals surface area contributed by atoms with Gasteiger partial charge in [0.05, 0.1) is 15.8 Å². The Labute approximate surface area is 198 Å². The van der Waals surface area contributed by atoms with Crippen molar-refractivity contribution < 1.29 is 9.59 Å². The highest BCUT2D eigenvalue weighted by Crippen LogP contribution is 2.30. The summed E-state index contributed by atoms with van der Waals surface area (Å²) in [5.41, 5.74) is 3.31. The Balaban J connectivity index is 1.31. The number of carbonyl (C=O) groups is 2. The number of nitrogens with one attached hydrogen (secondary N) is 2. The lowest BCUT2D eigenvalue weighted by Gasteiger charge is -2.11. The average molecular weight is 480 g/mol. The molecule has 1 unspecified atom stereocenters. The lowest BCUT2D eigenvalue weighted by molar-refractivity contribution is -0.115. The minimum atomic E-state index is -0.294. The van der Waals surface area contributed by atoms with Crippen LogP contribution in [0.5, 0.6) is 0 Å². The second-order valence-electron chi connectivity index (χ2n) is 7.11. The molecule has 4 aromatic rings. The molecule has 0 bridgehead atoms. The number of hydrogen-bond donors (Lipinski definition) is 2. The molecule has 0 saturated carbocycles. The SMILES string of the molecule is Cc1ccc(C(=O)Nc2ccc(SC(C)C(=O)Nc3nc(-c4cccs4)cs3)cc2)cc1. The number of anilines is 2. The highest BCUT2D eigenvalue weighted by Gasteiger charge is 2.17. The number of aryl methyl sites for hydroxylation is 1. The zero-order valence-corrected chi connectivity index (χ0v) is 19.9. The Morgan fingerprint density at radius 2 is 1.72 bits per heavy atom. The standard InChI is InChI=1S/C24H21N3O2S3/c1-15-5-7-17(8-6-15)23(29)25-18-9-11-19(12-10-18)32-16(2)22(28)27-24-26-20(14-31-24)21-4-3-13-30-21/h3-14,16H,1-2H3,(H,25,29)(H,26,27,28). The first-order valence-electron chi connectivity index (χ1n) is 9.93. The molecule has 2 aromatic carbocycles. The fourth-order valence-electron chi connectivity index (χ4n) is 2.86. The van der Waals surface area contributed by atoms with E-state index in [-0.39, 0.29) is 17.1 Å². The maximum absolute atomic E-state index is 12.6. The topological polar surface area (TPSA) is 71.1 Å². The highest BCUT2D eigenvalue weighted by molar-refractivity contribution is 8.00. The van der Waals surface area contributed by atoms with Gasteiger partial charge in [0.25, 0.3) is 5.91 Å². The van der Waals surface area contributed by atoms with Gasteiger partial charge in [-0.2, -0.15) is 0 Å². The van der Waals surface area contributed by atoms with Crippen molar-refractivity contribution in [1.82, 2.24) is 4.98 Å². The summed E-state index contributed by atoms with van der Waals surface area (Å²) in [5.74, 6) is -0.248. The molecule has 1 atom stereocenters. The van der Waals surface area contributed by atoms with Gasteiger partial charge in [0.1, 0.15) is 0 Å². The molecule has 0 aliphatic rings. The van der Waals surface area contributed by atoms with Gasteiger partial charge in [-0.25, -0.2) is 4.98 Å². The molecular formula is C24H21N3O2S3. The maximum Gasteiger partial charge on any atom is 0.255 e. The fourth-order valence-corrected chi connectivity index (χ4v) is 5.20. The molecule has 0 fully saturated rings. The zero-order valence-electron chi connectivity index (χ0n) is 17.5. The number of aromatic nitrogens is 1. The predicted molar refractivity (Wildman–Crippen MR) is 135 cm³/mol. The van der Waals surface area contributed by atoms with Crippen molar-refractivity contribution in [2.45, 2.75) is 24.0 Å². The third kappa shape index (κ3) is 5.64. The Hall–Kier alpha value is -2.94. The van der Waals surface area contributed by atoms with Gasteiger partial charge in [-0.3, -0.25) is 9.59 Å². The van der Waals surface area contributed by atoms with E-state index in [1.807, 2.05) is 73.1 Å². The molecule has 0 spiro atoms. The highest BCUT2D eigenvalue weighted by atomic mass is 32.2. The molecule has 0 aliphatic carbocycles. The van der Waals surface area contributed by atoms with Crippen molar-refractivity contribution >= 4 is 57.1 Å². The monoisotopic (exact) mass is 479 g/mol.